The molecule has 1 N–H and O–H groups in total. The number of aromatic nitrogens is 1. The predicted molar refractivity (Wildman–Crippen MR) is 99.1 cm³/mol. The average molecular weight is 356 g/mol. The van der Waals surface area contributed by atoms with Crippen molar-refractivity contribution in [2.75, 3.05) is 5.32 Å². The quantitative estimate of drug-likeness (QED) is 0.662. The van der Waals surface area contributed by atoms with Gasteiger partial charge in [-0.3, -0.25) is 10.1 Å². The van der Waals surface area contributed by atoms with E-state index in [4.69, 9.17) is 0 Å². The molecular weight excluding hydrogens is 344 g/mol. The third-order valence-corrected chi connectivity index (χ3v) is 6.46. The van der Waals surface area contributed by atoms with Crippen LogP contribution in [-0.4, -0.2) is 10.9 Å². The highest BCUT2D eigenvalue weighted by Crippen LogP contribution is 2.44. The molecule has 3 aromatic rings. The maximum Gasteiger partial charge on any atom is 0.250 e. The van der Waals surface area contributed by atoms with Gasteiger partial charge in [0.05, 0.1) is 5.69 Å². The van der Waals surface area contributed by atoms with Gasteiger partial charge in [-0.2, -0.15) is 0 Å². The zero-order valence-corrected chi connectivity index (χ0v) is 14.4. The number of hydrogen-bond acceptors (Lipinski definition) is 5. The summed E-state index contributed by atoms with van der Waals surface area (Å²) in [5.74, 6) is 0.760. The maximum absolute atomic E-state index is 12.0. The fourth-order valence-corrected chi connectivity index (χ4v) is 5.06. The van der Waals surface area contributed by atoms with Gasteiger partial charge in [-0.15, -0.1) is 34.4 Å². The van der Waals surface area contributed by atoms with Gasteiger partial charge in [-0.25, -0.2) is 4.98 Å². The molecule has 0 aliphatic carbocycles. The summed E-state index contributed by atoms with van der Waals surface area (Å²) < 4.78 is 0. The standard InChI is InChI=1S/C17H12N2OS3/c20-15(8-7-11-4-3-9-21-11)18-17-19-16-12-5-1-2-6-13(12)22-10-14(16)23-17/h1-9H,10H2,(H,18,19,20)/b8-7+. The van der Waals surface area contributed by atoms with Gasteiger partial charge >= 0.3 is 0 Å². The second-order valence-corrected chi connectivity index (χ2v) is 7.99. The van der Waals surface area contributed by atoms with E-state index >= 15 is 0 Å². The number of fused-ring (bicyclic) bond motifs is 3. The van der Waals surface area contributed by atoms with Crippen LogP contribution in [0.15, 0.2) is 52.7 Å². The largest absolute Gasteiger partial charge is 0.298 e. The summed E-state index contributed by atoms with van der Waals surface area (Å²) in [6.07, 6.45) is 3.37. The Bertz CT molecular complexity index is 881. The normalized spacial score (nSPS) is 12.9. The Balaban J connectivity index is 1.54. The Hall–Kier alpha value is -1.89. The number of hydrogen-bond donors (Lipinski definition) is 1. The van der Waals surface area contributed by atoms with Crippen molar-refractivity contribution in [3.8, 4) is 11.3 Å². The Kier molecular flexibility index (Phi) is 4.03. The summed E-state index contributed by atoms with van der Waals surface area (Å²) in [6.45, 7) is 0. The predicted octanol–water partition coefficient (Wildman–Crippen LogP) is 5.13. The van der Waals surface area contributed by atoms with E-state index in [9.17, 15) is 4.79 Å². The minimum absolute atomic E-state index is 0.148. The van der Waals surface area contributed by atoms with Crippen LogP contribution in [0.25, 0.3) is 17.3 Å². The number of carbonyl (C=O) groups excluding carboxylic acids is 1. The van der Waals surface area contributed by atoms with Crippen LogP contribution in [0.5, 0.6) is 0 Å². The molecule has 23 heavy (non-hydrogen) atoms. The van der Waals surface area contributed by atoms with Gasteiger partial charge in [0.2, 0.25) is 5.91 Å². The number of anilines is 1. The number of carbonyl (C=O) groups is 1. The minimum atomic E-state index is -0.148. The molecule has 0 spiro atoms. The zero-order chi connectivity index (χ0) is 15.6. The van der Waals surface area contributed by atoms with E-state index in [-0.39, 0.29) is 5.91 Å². The van der Waals surface area contributed by atoms with Crippen molar-refractivity contribution < 1.29 is 4.79 Å². The van der Waals surface area contributed by atoms with Gasteiger partial charge in [-0.05, 0) is 23.6 Å². The molecule has 1 aliphatic heterocycles. The van der Waals surface area contributed by atoms with Gasteiger partial charge in [0.15, 0.2) is 5.13 Å². The molecule has 0 atom stereocenters. The fraction of sp³-hybridized carbons (Fsp3) is 0.0588. The van der Waals surface area contributed by atoms with Crippen molar-refractivity contribution in [1.82, 2.24) is 4.98 Å². The lowest BCUT2D eigenvalue weighted by Gasteiger charge is -2.13. The Morgan fingerprint density at radius 3 is 3.00 bits per heavy atom. The molecule has 1 amide bonds. The van der Waals surface area contributed by atoms with Crippen molar-refractivity contribution in [3.05, 3.63) is 57.6 Å². The highest BCUT2D eigenvalue weighted by molar-refractivity contribution is 7.98. The highest BCUT2D eigenvalue weighted by Gasteiger charge is 2.21. The van der Waals surface area contributed by atoms with Gasteiger partial charge in [-0.1, -0.05) is 24.3 Å². The molecule has 4 rings (SSSR count). The monoisotopic (exact) mass is 356 g/mol. The number of thiophene rings is 1. The number of nitrogens with one attached hydrogen (secondary N) is 1. The highest BCUT2D eigenvalue weighted by atomic mass is 32.2. The van der Waals surface area contributed by atoms with Crippen LogP contribution < -0.4 is 5.32 Å². The van der Waals surface area contributed by atoms with Crippen LogP contribution in [-0.2, 0) is 10.5 Å². The number of nitrogens with zero attached hydrogens (tertiary/aromatic N) is 1. The van der Waals surface area contributed by atoms with Crippen molar-refractivity contribution >= 4 is 51.6 Å². The van der Waals surface area contributed by atoms with E-state index in [2.05, 4.69) is 22.4 Å². The lowest BCUT2D eigenvalue weighted by atomic mass is 10.1. The van der Waals surface area contributed by atoms with Crippen molar-refractivity contribution in [2.24, 2.45) is 0 Å². The van der Waals surface area contributed by atoms with Crippen LogP contribution >= 0.6 is 34.4 Å². The molecule has 1 aromatic carbocycles. The number of thioether (sulfide) groups is 1. The molecule has 3 heterocycles. The number of thiazole rings is 1. The number of amides is 1. The molecule has 3 nitrogen and oxygen atoms in total. The molecule has 0 bridgehead atoms. The molecule has 0 radical (unpaired) electrons. The molecule has 0 unspecified atom stereocenters. The SMILES string of the molecule is O=C(/C=C/c1cccs1)Nc1nc2c(s1)CSc1ccccc1-2. The molecule has 0 saturated heterocycles. The molecule has 0 fully saturated rings. The first-order chi connectivity index (χ1) is 11.3. The van der Waals surface area contributed by atoms with Crippen LogP contribution in [0.2, 0.25) is 0 Å². The molecule has 6 heteroatoms. The number of rotatable bonds is 3. The Labute approximate surface area is 146 Å². The first-order valence-corrected chi connectivity index (χ1v) is 9.72. The Morgan fingerprint density at radius 1 is 1.22 bits per heavy atom. The van der Waals surface area contributed by atoms with Crippen LogP contribution in [0.1, 0.15) is 9.75 Å². The van der Waals surface area contributed by atoms with Crippen LogP contribution in [0.3, 0.4) is 0 Å². The molecule has 1 aliphatic rings. The Morgan fingerprint density at radius 2 is 2.13 bits per heavy atom. The van der Waals surface area contributed by atoms with E-state index in [0.29, 0.717) is 5.13 Å². The van der Waals surface area contributed by atoms with Crippen LogP contribution in [0.4, 0.5) is 5.13 Å². The third kappa shape index (κ3) is 3.10. The van der Waals surface area contributed by atoms with E-state index in [1.165, 1.54) is 9.77 Å². The maximum atomic E-state index is 12.0. The first kappa shape index (κ1) is 14.7. The molecule has 114 valence electrons. The lowest BCUT2D eigenvalue weighted by molar-refractivity contribution is -0.111. The molecule has 0 saturated carbocycles. The average Bonchev–Trinajstić information content (AvgIpc) is 3.22. The van der Waals surface area contributed by atoms with Crippen molar-refractivity contribution in [3.63, 3.8) is 0 Å². The second-order valence-electron chi connectivity index (χ2n) is 4.91. The van der Waals surface area contributed by atoms with E-state index < -0.39 is 0 Å². The summed E-state index contributed by atoms with van der Waals surface area (Å²) in [7, 11) is 0. The van der Waals surface area contributed by atoms with E-state index in [1.807, 2.05) is 47.5 Å². The smallest absolute Gasteiger partial charge is 0.250 e. The first-order valence-electron chi connectivity index (χ1n) is 7.04. The van der Waals surface area contributed by atoms with E-state index in [0.717, 1.165) is 21.9 Å². The fourth-order valence-electron chi connectivity index (χ4n) is 2.34. The lowest BCUT2D eigenvalue weighted by Crippen LogP contribution is -2.07. The van der Waals surface area contributed by atoms with E-state index in [1.54, 1.807) is 28.7 Å². The topological polar surface area (TPSA) is 42.0 Å². The molecular formula is C17H12N2OS3. The molecule has 2 aromatic heterocycles. The zero-order valence-electron chi connectivity index (χ0n) is 12.0. The summed E-state index contributed by atoms with van der Waals surface area (Å²) in [6, 6.07) is 12.2. The number of benzene rings is 1. The second kappa shape index (κ2) is 6.31. The summed E-state index contributed by atoms with van der Waals surface area (Å²) >= 11 is 4.98. The summed E-state index contributed by atoms with van der Waals surface area (Å²) in [4.78, 5) is 20.2. The van der Waals surface area contributed by atoms with Gasteiger partial charge in [0, 0.05) is 32.0 Å². The van der Waals surface area contributed by atoms with Crippen molar-refractivity contribution in [1.29, 1.82) is 0 Å². The summed E-state index contributed by atoms with van der Waals surface area (Å²) in [5.41, 5.74) is 2.16. The van der Waals surface area contributed by atoms with Gasteiger partial charge in [0.1, 0.15) is 0 Å². The third-order valence-electron chi connectivity index (χ3n) is 3.37. The van der Waals surface area contributed by atoms with Gasteiger partial charge < -0.3 is 0 Å². The van der Waals surface area contributed by atoms with Gasteiger partial charge in [0.25, 0.3) is 0 Å². The van der Waals surface area contributed by atoms with Crippen molar-refractivity contribution in [2.45, 2.75) is 10.6 Å². The van der Waals surface area contributed by atoms with Crippen LogP contribution in [0, 0.1) is 0 Å². The summed E-state index contributed by atoms with van der Waals surface area (Å²) in [5, 5.41) is 5.52. The minimum Gasteiger partial charge on any atom is -0.298 e.